The molecule has 2 rings (SSSR count). The number of hydrogen-bond donors (Lipinski definition) is 0. The Bertz CT molecular complexity index is 184. The maximum atomic E-state index is 5.61. The largest absolute Gasteiger partial charge is 0.342 e. The summed E-state index contributed by atoms with van der Waals surface area (Å²) in [4.78, 5) is 0. The van der Waals surface area contributed by atoms with E-state index in [0.29, 0.717) is 0 Å². The van der Waals surface area contributed by atoms with Gasteiger partial charge in [-0.3, -0.25) is 0 Å². The number of hydrogen-bond acceptors (Lipinski definition) is 3. The van der Waals surface area contributed by atoms with Gasteiger partial charge in [0.05, 0.1) is 6.10 Å². The zero-order valence-corrected chi connectivity index (χ0v) is 7.45. The van der Waals surface area contributed by atoms with Crippen LogP contribution in [0.4, 0.5) is 0 Å². The summed E-state index contributed by atoms with van der Waals surface area (Å²) >= 11 is 0. The van der Waals surface area contributed by atoms with Crippen LogP contribution < -0.4 is 0 Å². The van der Waals surface area contributed by atoms with E-state index in [1.54, 1.807) is 6.08 Å². The van der Waals surface area contributed by atoms with Gasteiger partial charge in [-0.05, 0) is 13.8 Å². The molecule has 0 unspecified atom stereocenters. The molecule has 2 saturated heterocycles. The molecule has 0 aromatic rings. The van der Waals surface area contributed by atoms with E-state index in [1.807, 2.05) is 13.8 Å². The molecule has 2 aliphatic rings. The SMILES string of the molecule is C=C[C@H]1C[C@H]2OC(C)(C)O[C@H]2O1. The summed E-state index contributed by atoms with van der Waals surface area (Å²) in [6, 6.07) is 0. The molecule has 0 bridgehead atoms. The van der Waals surface area contributed by atoms with Crippen molar-refractivity contribution < 1.29 is 14.2 Å². The third-order valence-corrected chi connectivity index (χ3v) is 2.18. The second kappa shape index (κ2) is 2.55. The predicted octanol–water partition coefficient (Wildman–Crippen LogP) is 1.44. The summed E-state index contributed by atoms with van der Waals surface area (Å²) in [6.45, 7) is 7.47. The van der Waals surface area contributed by atoms with Crippen LogP contribution in [0.3, 0.4) is 0 Å². The Hall–Kier alpha value is -0.380. The van der Waals surface area contributed by atoms with Crippen molar-refractivity contribution in [3.63, 3.8) is 0 Å². The fourth-order valence-electron chi connectivity index (χ4n) is 1.69. The van der Waals surface area contributed by atoms with E-state index in [9.17, 15) is 0 Å². The second-order valence-electron chi connectivity index (χ2n) is 3.69. The lowest BCUT2D eigenvalue weighted by Gasteiger charge is -2.19. The van der Waals surface area contributed by atoms with Crippen molar-refractivity contribution in [2.75, 3.05) is 0 Å². The third-order valence-electron chi connectivity index (χ3n) is 2.18. The average molecular weight is 170 g/mol. The van der Waals surface area contributed by atoms with Crippen molar-refractivity contribution in [3.8, 4) is 0 Å². The van der Waals surface area contributed by atoms with Crippen LogP contribution in [0.15, 0.2) is 12.7 Å². The van der Waals surface area contributed by atoms with Gasteiger partial charge >= 0.3 is 0 Å². The Morgan fingerprint density at radius 2 is 2.17 bits per heavy atom. The van der Waals surface area contributed by atoms with E-state index in [2.05, 4.69) is 6.58 Å². The highest BCUT2D eigenvalue weighted by Gasteiger charge is 2.47. The van der Waals surface area contributed by atoms with E-state index >= 15 is 0 Å². The minimum Gasteiger partial charge on any atom is -0.342 e. The van der Waals surface area contributed by atoms with Gasteiger partial charge in [0.2, 0.25) is 0 Å². The highest BCUT2D eigenvalue weighted by Crippen LogP contribution is 2.37. The molecule has 0 aromatic heterocycles. The van der Waals surface area contributed by atoms with Crippen LogP contribution in [0, 0.1) is 0 Å². The molecule has 12 heavy (non-hydrogen) atoms. The first-order valence-electron chi connectivity index (χ1n) is 4.24. The van der Waals surface area contributed by atoms with Crippen LogP contribution in [0.2, 0.25) is 0 Å². The summed E-state index contributed by atoms with van der Waals surface area (Å²) in [6.07, 6.45) is 2.64. The van der Waals surface area contributed by atoms with E-state index < -0.39 is 5.79 Å². The molecule has 0 N–H and O–H groups in total. The molecule has 0 radical (unpaired) electrons. The first-order chi connectivity index (χ1) is 5.61. The maximum absolute atomic E-state index is 5.61. The molecule has 0 spiro atoms. The van der Waals surface area contributed by atoms with Crippen LogP contribution in [-0.4, -0.2) is 24.3 Å². The molecule has 3 nitrogen and oxygen atoms in total. The number of rotatable bonds is 1. The summed E-state index contributed by atoms with van der Waals surface area (Å²) in [7, 11) is 0. The van der Waals surface area contributed by atoms with Gasteiger partial charge in [0.25, 0.3) is 0 Å². The minimum absolute atomic E-state index is 0.0861. The van der Waals surface area contributed by atoms with Crippen LogP contribution in [0.1, 0.15) is 20.3 Å². The van der Waals surface area contributed by atoms with E-state index in [-0.39, 0.29) is 18.5 Å². The smallest absolute Gasteiger partial charge is 0.187 e. The summed E-state index contributed by atoms with van der Waals surface area (Å²) in [5.74, 6) is -0.485. The Balaban J connectivity index is 2.02. The van der Waals surface area contributed by atoms with Crippen molar-refractivity contribution in [1.29, 1.82) is 0 Å². The number of ether oxygens (including phenoxy) is 3. The lowest BCUT2D eigenvalue weighted by molar-refractivity contribution is -0.199. The standard InChI is InChI=1S/C9H14O3/c1-4-6-5-7-8(10-6)12-9(2,3)11-7/h4,6-8H,1,5H2,2-3H3/t6-,7+,8+/m0/s1. The van der Waals surface area contributed by atoms with Crippen molar-refractivity contribution in [1.82, 2.24) is 0 Å². The normalized spacial score (nSPS) is 44.3. The first kappa shape index (κ1) is 8.23. The summed E-state index contributed by atoms with van der Waals surface area (Å²) in [5, 5.41) is 0. The first-order valence-corrected chi connectivity index (χ1v) is 4.24. The van der Waals surface area contributed by atoms with Gasteiger partial charge in [0, 0.05) is 6.42 Å². The van der Waals surface area contributed by atoms with Crippen molar-refractivity contribution in [2.45, 2.75) is 44.6 Å². The molecule has 0 amide bonds. The molecule has 2 fully saturated rings. The van der Waals surface area contributed by atoms with Crippen LogP contribution in [0.25, 0.3) is 0 Å². The zero-order chi connectivity index (χ0) is 8.77. The van der Waals surface area contributed by atoms with Gasteiger partial charge in [-0.1, -0.05) is 6.08 Å². The quantitative estimate of drug-likeness (QED) is 0.557. The molecule has 3 heteroatoms. The molecule has 3 atom stereocenters. The van der Waals surface area contributed by atoms with Gasteiger partial charge in [0.15, 0.2) is 12.1 Å². The molecule has 0 aromatic carbocycles. The highest BCUT2D eigenvalue weighted by atomic mass is 16.8. The fraction of sp³-hybridized carbons (Fsp3) is 0.778. The Morgan fingerprint density at radius 3 is 2.75 bits per heavy atom. The zero-order valence-electron chi connectivity index (χ0n) is 7.45. The van der Waals surface area contributed by atoms with Crippen LogP contribution in [0.5, 0.6) is 0 Å². The molecule has 2 aliphatic heterocycles. The van der Waals surface area contributed by atoms with Gasteiger partial charge in [-0.2, -0.15) is 0 Å². The monoisotopic (exact) mass is 170 g/mol. The third kappa shape index (κ3) is 1.28. The fourth-order valence-corrected chi connectivity index (χ4v) is 1.69. The molecule has 0 aliphatic carbocycles. The average Bonchev–Trinajstić information content (AvgIpc) is 2.40. The highest BCUT2D eigenvalue weighted by molar-refractivity contribution is 4.92. The van der Waals surface area contributed by atoms with E-state index in [1.165, 1.54) is 0 Å². The van der Waals surface area contributed by atoms with Crippen LogP contribution in [-0.2, 0) is 14.2 Å². The molecule has 2 heterocycles. The second-order valence-corrected chi connectivity index (χ2v) is 3.69. The molecule has 0 saturated carbocycles. The van der Waals surface area contributed by atoms with Crippen molar-refractivity contribution in [2.24, 2.45) is 0 Å². The Morgan fingerprint density at radius 1 is 1.42 bits per heavy atom. The Kier molecular flexibility index (Phi) is 1.75. The summed E-state index contributed by atoms with van der Waals surface area (Å²) < 4.78 is 16.6. The molecular formula is C9H14O3. The maximum Gasteiger partial charge on any atom is 0.187 e. The van der Waals surface area contributed by atoms with Gasteiger partial charge in [0.1, 0.15) is 6.10 Å². The van der Waals surface area contributed by atoms with E-state index in [4.69, 9.17) is 14.2 Å². The van der Waals surface area contributed by atoms with Crippen LogP contribution >= 0.6 is 0 Å². The van der Waals surface area contributed by atoms with Gasteiger partial charge < -0.3 is 14.2 Å². The van der Waals surface area contributed by atoms with E-state index in [0.717, 1.165) is 6.42 Å². The van der Waals surface area contributed by atoms with Crippen molar-refractivity contribution in [3.05, 3.63) is 12.7 Å². The number of fused-ring (bicyclic) bond motifs is 1. The van der Waals surface area contributed by atoms with Crippen molar-refractivity contribution >= 4 is 0 Å². The van der Waals surface area contributed by atoms with Gasteiger partial charge in [-0.25, -0.2) is 0 Å². The summed E-state index contributed by atoms with van der Waals surface area (Å²) in [5.41, 5.74) is 0. The molecular weight excluding hydrogens is 156 g/mol. The van der Waals surface area contributed by atoms with Gasteiger partial charge in [-0.15, -0.1) is 6.58 Å². The minimum atomic E-state index is -0.485. The lowest BCUT2D eigenvalue weighted by Crippen LogP contribution is -2.24. The Labute approximate surface area is 72.3 Å². The predicted molar refractivity (Wildman–Crippen MR) is 43.5 cm³/mol. The topological polar surface area (TPSA) is 27.7 Å². The molecule has 68 valence electrons. The lowest BCUT2D eigenvalue weighted by atomic mass is 10.2.